The number of halogens is 1. The number of ether oxygens (including phenoxy) is 1. The molecule has 1 unspecified atom stereocenters. The summed E-state index contributed by atoms with van der Waals surface area (Å²) in [6.45, 7) is 2.30. The first kappa shape index (κ1) is 16.8. The molecule has 1 aromatic heterocycles. The number of sulfonamides is 1. The minimum Gasteiger partial charge on any atom is -0.488 e. The van der Waals surface area contributed by atoms with Gasteiger partial charge in [0.15, 0.2) is 0 Å². The average molecular weight is 351 g/mol. The summed E-state index contributed by atoms with van der Waals surface area (Å²) in [5, 5.41) is 0. The third-order valence-corrected chi connectivity index (χ3v) is 5.81. The van der Waals surface area contributed by atoms with Gasteiger partial charge in [0.2, 0.25) is 10.0 Å². The zero-order chi connectivity index (χ0) is 17.2. The van der Waals surface area contributed by atoms with Gasteiger partial charge in [-0.05, 0) is 31.5 Å². The predicted octanol–water partition coefficient (Wildman–Crippen LogP) is 2.09. The zero-order valence-corrected chi connectivity index (χ0v) is 14.0. The van der Waals surface area contributed by atoms with Crippen LogP contribution in [0, 0.1) is 5.82 Å². The van der Waals surface area contributed by atoms with Crippen molar-refractivity contribution in [2.75, 3.05) is 18.8 Å². The minimum atomic E-state index is -3.23. The maximum absolute atomic E-state index is 13.6. The maximum atomic E-state index is 13.6. The van der Waals surface area contributed by atoms with Gasteiger partial charge in [0, 0.05) is 24.4 Å². The molecule has 8 heteroatoms. The van der Waals surface area contributed by atoms with E-state index in [2.05, 4.69) is 9.97 Å². The first-order valence-corrected chi connectivity index (χ1v) is 9.31. The van der Waals surface area contributed by atoms with E-state index in [-0.39, 0.29) is 18.4 Å². The van der Waals surface area contributed by atoms with Crippen molar-refractivity contribution in [1.29, 1.82) is 0 Å². The van der Waals surface area contributed by atoms with Crippen LogP contribution in [-0.4, -0.2) is 47.6 Å². The molecule has 0 N–H and O–H groups in total. The smallest absolute Gasteiger partial charge is 0.213 e. The molecule has 3 rings (SSSR count). The van der Waals surface area contributed by atoms with Gasteiger partial charge in [-0.2, -0.15) is 4.31 Å². The lowest BCUT2D eigenvalue weighted by Gasteiger charge is -2.18. The normalized spacial score (nSPS) is 18.7. The Bertz CT molecular complexity index is 815. The molecule has 0 aliphatic carbocycles. The van der Waals surface area contributed by atoms with Crippen LogP contribution >= 0.6 is 0 Å². The van der Waals surface area contributed by atoms with E-state index < -0.39 is 15.8 Å². The summed E-state index contributed by atoms with van der Waals surface area (Å²) in [5.41, 5.74) is 1.27. The Balaban J connectivity index is 1.82. The molecule has 1 fully saturated rings. The Hall–Kier alpha value is -2.06. The molecule has 1 aromatic carbocycles. The van der Waals surface area contributed by atoms with Crippen molar-refractivity contribution in [3.8, 4) is 17.0 Å². The zero-order valence-electron chi connectivity index (χ0n) is 13.2. The molecule has 2 aromatic rings. The predicted molar refractivity (Wildman–Crippen MR) is 87.5 cm³/mol. The van der Waals surface area contributed by atoms with Crippen LogP contribution in [0.1, 0.15) is 13.3 Å². The van der Waals surface area contributed by atoms with Crippen molar-refractivity contribution >= 4 is 10.0 Å². The fourth-order valence-electron chi connectivity index (χ4n) is 2.66. The lowest BCUT2D eigenvalue weighted by atomic mass is 10.1. The number of rotatable bonds is 5. The van der Waals surface area contributed by atoms with Gasteiger partial charge in [-0.3, -0.25) is 0 Å². The molecule has 128 valence electrons. The highest BCUT2D eigenvalue weighted by molar-refractivity contribution is 7.89. The van der Waals surface area contributed by atoms with Crippen LogP contribution in [0.5, 0.6) is 5.75 Å². The Morgan fingerprint density at radius 3 is 2.92 bits per heavy atom. The molecule has 1 atom stereocenters. The van der Waals surface area contributed by atoms with Crippen molar-refractivity contribution in [2.45, 2.75) is 19.4 Å². The van der Waals surface area contributed by atoms with E-state index in [1.165, 1.54) is 22.8 Å². The summed E-state index contributed by atoms with van der Waals surface area (Å²) in [6, 6.07) is 5.95. The van der Waals surface area contributed by atoms with Crippen LogP contribution in [0.2, 0.25) is 0 Å². The van der Waals surface area contributed by atoms with Crippen molar-refractivity contribution in [3.05, 3.63) is 42.6 Å². The molecule has 0 spiro atoms. The standard InChI is InChI=1S/C16H18FN3O3S/c1-2-24(21,22)20-8-6-13(10-20)23-16-9-12(17)3-4-14(16)15-5-7-18-11-19-15/h3-5,7,9,11,13H,2,6,8,10H2,1H3. The minimum absolute atomic E-state index is 0.0614. The van der Waals surface area contributed by atoms with Crippen molar-refractivity contribution in [1.82, 2.24) is 14.3 Å². The monoisotopic (exact) mass is 351 g/mol. The van der Waals surface area contributed by atoms with Gasteiger partial charge < -0.3 is 4.74 Å². The van der Waals surface area contributed by atoms with Crippen molar-refractivity contribution in [2.24, 2.45) is 0 Å². The molecular formula is C16H18FN3O3S. The van der Waals surface area contributed by atoms with Crippen LogP contribution in [0.4, 0.5) is 4.39 Å². The van der Waals surface area contributed by atoms with E-state index in [9.17, 15) is 12.8 Å². The number of hydrogen-bond donors (Lipinski definition) is 0. The van der Waals surface area contributed by atoms with Crippen LogP contribution < -0.4 is 4.74 Å². The second-order valence-corrected chi connectivity index (χ2v) is 7.78. The first-order valence-electron chi connectivity index (χ1n) is 7.70. The highest BCUT2D eigenvalue weighted by Gasteiger charge is 2.31. The van der Waals surface area contributed by atoms with E-state index in [4.69, 9.17) is 4.74 Å². The largest absolute Gasteiger partial charge is 0.488 e. The lowest BCUT2D eigenvalue weighted by Crippen LogP contribution is -2.32. The Labute approximate surface area is 140 Å². The lowest BCUT2D eigenvalue weighted by molar-refractivity contribution is 0.215. The van der Waals surface area contributed by atoms with Gasteiger partial charge in [-0.1, -0.05) is 0 Å². The molecule has 6 nitrogen and oxygen atoms in total. The van der Waals surface area contributed by atoms with E-state index >= 15 is 0 Å². The fourth-order valence-corrected chi connectivity index (χ4v) is 3.81. The number of benzene rings is 1. The molecule has 0 saturated carbocycles. The fraction of sp³-hybridized carbons (Fsp3) is 0.375. The summed E-state index contributed by atoms with van der Waals surface area (Å²) < 4.78 is 44.8. The molecule has 1 aliphatic heterocycles. The summed E-state index contributed by atoms with van der Waals surface area (Å²) in [6.07, 6.45) is 3.27. The summed E-state index contributed by atoms with van der Waals surface area (Å²) in [7, 11) is -3.23. The van der Waals surface area contributed by atoms with Gasteiger partial charge in [-0.25, -0.2) is 22.8 Å². The van der Waals surface area contributed by atoms with Gasteiger partial charge in [0.25, 0.3) is 0 Å². The average Bonchev–Trinajstić information content (AvgIpc) is 3.05. The SMILES string of the molecule is CCS(=O)(=O)N1CCC(Oc2cc(F)ccc2-c2ccncn2)C1. The Morgan fingerprint density at radius 1 is 1.38 bits per heavy atom. The Kier molecular flexibility index (Phi) is 4.77. The van der Waals surface area contributed by atoms with Crippen LogP contribution in [0.3, 0.4) is 0 Å². The van der Waals surface area contributed by atoms with Gasteiger partial charge in [0.05, 0.1) is 18.0 Å². The molecule has 1 saturated heterocycles. The third kappa shape index (κ3) is 3.54. The highest BCUT2D eigenvalue weighted by Crippen LogP contribution is 2.31. The van der Waals surface area contributed by atoms with Gasteiger partial charge in [0.1, 0.15) is 24.0 Å². The molecule has 0 bridgehead atoms. The van der Waals surface area contributed by atoms with E-state index in [1.54, 1.807) is 25.3 Å². The molecule has 1 aliphatic rings. The third-order valence-electron chi connectivity index (χ3n) is 3.96. The molecule has 24 heavy (non-hydrogen) atoms. The molecular weight excluding hydrogens is 333 g/mol. The molecule has 2 heterocycles. The summed E-state index contributed by atoms with van der Waals surface area (Å²) in [4.78, 5) is 8.03. The summed E-state index contributed by atoms with van der Waals surface area (Å²) in [5.74, 6) is -0.000393. The number of aromatic nitrogens is 2. The molecule has 0 amide bonds. The quantitative estimate of drug-likeness (QED) is 0.825. The van der Waals surface area contributed by atoms with Crippen LogP contribution in [0.25, 0.3) is 11.3 Å². The van der Waals surface area contributed by atoms with Crippen molar-refractivity contribution < 1.29 is 17.5 Å². The van der Waals surface area contributed by atoms with Crippen LogP contribution in [-0.2, 0) is 10.0 Å². The topological polar surface area (TPSA) is 72.4 Å². The number of hydrogen-bond acceptors (Lipinski definition) is 5. The van der Waals surface area contributed by atoms with Gasteiger partial charge in [-0.15, -0.1) is 0 Å². The van der Waals surface area contributed by atoms with E-state index in [0.29, 0.717) is 30.0 Å². The Morgan fingerprint density at radius 2 is 2.21 bits per heavy atom. The van der Waals surface area contributed by atoms with E-state index in [1.807, 2.05) is 0 Å². The highest BCUT2D eigenvalue weighted by atomic mass is 32.2. The first-order chi connectivity index (χ1) is 11.5. The maximum Gasteiger partial charge on any atom is 0.213 e. The second kappa shape index (κ2) is 6.82. The second-order valence-electron chi connectivity index (χ2n) is 5.52. The van der Waals surface area contributed by atoms with E-state index in [0.717, 1.165) is 0 Å². The number of nitrogens with zero attached hydrogens (tertiary/aromatic N) is 3. The van der Waals surface area contributed by atoms with Gasteiger partial charge >= 0.3 is 0 Å². The van der Waals surface area contributed by atoms with Crippen molar-refractivity contribution in [3.63, 3.8) is 0 Å². The molecule has 0 radical (unpaired) electrons. The summed E-state index contributed by atoms with van der Waals surface area (Å²) >= 11 is 0. The van der Waals surface area contributed by atoms with Crippen LogP contribution in [0.15, 0.2) is 36.8 Å².